The van der Waals surface area contributed by atoms with E-state index in [0.717, 1.165) is 12.8 Å². The second-order valence-corrected chi connectivity index (χ2v) is 5.44. The molecule has 1 fully saturated rings. The summed E-state index contributed by atoms with van der Waals surface area (Å²) < 4.78 is 5.54. The molecule has 0 saturated heterocycles. The fraction of sp³-hybridized carbons (Fsp3) is 0.562. The quantitative estimate of drug-likeness (QED) is 0.743. The van der Waals surface area contributed by atoms with Crippen LogP contribution >= 0.6 is 0 Å². The predicted octanol–water partition coefficient (Wildman–Crippen LogP) is 4.30. The maximum Gasteiger partial charge on any atom is 0.338 e. The first-order chi connectivity index (χ1) is 8.66. The molecule has 0 bridgehead atoms. The van der Waals surface area contributed by atoms with Gasteiger partial charge in [0.05, 0.1) is 5.56 Å². The Hall–Kier alpha value is -1.31. The van der Waals surface area contributed by atoms with Gasteiger partial charge in [0.15, 0.2) is 0 Å². The van der Waals surface area contributed by atoms with Crippen LogP contribution in [0.15, 0.2) is 24.3 Å². The Bertz CT molecular complexity index is 386. The van der Waals surface area contributed by atoms with Gasteiger partial charge in [-0.1, -0.05) is 32.4 Å². The zero-order valence-electron chi connectivity index (χ0n) is 11.3. The highest BCUT2D eigenvalue weighted by atomic mass is 16.5. The van der Waals surface area contributed by atoms with Crippen LogP contribution < -0.4 is 0 Å². The Morgan fingerprint density at radius 3 is 2.28 bits per heavy atom. The average molecular weight is 246 g/mol. The van der Waals surface area contributed by atoms with Crippen molar-refractivity contribution in [3.05, 3.63) is 35.4 Å². The van der Waals surface area contributed by atoms with Crippen molar-refractivity contribution < 1.29 is 9.53 Å². The lowest BCUT2D eigenvalue weighted by molar-refractivity contribution is 0.0211. The highest BCUT2D eigenvalue weighted by Crippen LogP contribution is 2.22. The van der Waals surface area contributed by atoms with E-state index < -0.39 is 0 Å². The molecule has 1 saturated carbocycles. The molecule has 0 amide bonds. The first-order valence-corrected chi connectivity index (χ1v) is 6.98. The third kappa shape index (κ3) is 3.34. The van der Waals surface area contributed by atoms with Crippen LogP contribution in [0.3, 0.4) is 0 Å². The molecule has 18 heavy (non-hydrogen) atoms. The van der Waals surface area contributed by atoms with Crippen molar-refractivity contribution in [2.75, 3.05) is 0 Å². The molecule has 0 aliphatic heterocycles. The molecule has 1 aliphatic carbocycles. The van der Waals surface area contributed by atoms with Gasteiger partial charge in [0, 0.05) is 0 Å². The Morgan fingerprint density at radius 2 is 1.72 bits per heavy atom. The molecular formula is C16H22O2. The fourth-order valence-corrected chi connectivity index (χ4v) is 2.41. The number of rotatable bonds is 3. The summed E-state index contributed by atoms with van der Waals surface area (Å²) in [5.74, 6) is 0.325. The third-order valence-corrected chi connectivity index (χ3v) is 3.64. The lowest BCUT2D eigenvalue weighted by Crippen LogP contribution is -2.20. The van der Waals surface area contributed by atoms with Crippen LogP contribution in [0.5, 0.6) is 0 Å². The number of esters is 1. The van der Waals surface area contributed by atoms with Gasteiger partial charge in [-0.15, -0.1) is 0 Å². The molecule has 1 aromatic carbocycles. The van der Waals surface area contributed by atoms with Crippen molar-refractivity contribution in [2.45, 2.75) is 58.0 Å². The first kappa shape index (κ1) is 13.1. The Balaban J connectivity index is 1.95. The molecule has 1 aliphatic rings. The van der Waals surface area contributed by atoms with Crippen LogP contribution in [0.4, 0.5) is 0 Å². The van der Waals surface area contributed by atoms with Gasteiger partial charge < -0.3 is 4.74 Å². The van der Waals surface area contributed by atoms with E-state index in [1.165, 1.54) is 24.8 Å². The molecule has 2 heteroatoms. The van der Waals surface area contributed by atoms with Gasteiger partial charge in [0.1, 0.15) is 6.10 Å². The molecule has 0 atom stereocenters. The summed E-state index contributed by atoms with van der Waals surface area (Å²) in [5.41, 5.74) is 1.93. The molecule has 0 aromatic heterocycles. The van der Waals surface area contributed by atoms with Crippen molar-refractivity contribution in [1.29, 1.82) is 0 Å². The van der Waals surface area contributed by atoms with E-state index in [9.17, 15) is 4.79 Å². The minimum absolute atomic E-state index is 0.135. The van der Waals surface area contributed by atoms with Crippen LogP contribution in [0.2, 0.25) is 0 Å². The second kappa shape index (κ2) is 6.03. The van der Waals surface area contributed by atoms with Crippen molar-refractivity contribution in [3.63, 3.8) is 0 Å². The van der Waals surface area contributed by atoms with E-state index in [2.05, 4.69) is 13.8 Å². The number of hydrogen-bond donors (Lipinski definition) is 0. The zero-order valence-corrected chi connectivity index (χ0v) is 11.3. The van der Waals surface area contributed by atoms with Gasteiger partial charge in [-0.3, -0.25) is 0 Å². The molecule has 0 heterocycles. The molecule has 2 rings (SSSR count). The molecule has 0 spiro atoms. The summed E-state index contributed by atoms with van der Waals surface area (Å²) >= 11 is 0. The summed E-state index contributed by atoms with van der Waals surface area (Å²) in [4.78, 5) is 12.0. The molecule has 1 aromatic rings. The number of carbonyl (C=O) groups is 1. The SMILES string of the molecule is CC(C)c1ccc(C(=O)OC2CCCCC2)cc1. The Kier molecular flexibility index (Phi) is 4.40. The van der Waals surface area contributed by atoms with Crippen LogP contribution in [0.1, 0.15) is 67.8 Å². The first-order valence-electron chi connectivity index (χ1n) is 6.98. The highest BCUT2D eigenvalue weighted by molar-refractivity contribution is 5.89. The highest BCUT2D eigenvalue weighted by Gasteiger charge is 2.18. The Labute approximate surface area is 109 Å². The standard InChI is InChI=1S/C16H22O2/c1-12(2)13-8-10-14(11-9-13)16(17)18-15-6-4-3-5-7-15/h8-12,15H,3-7H2,1-2H3. The van der Waals surface area contributed by atoms with Crippen LogP contribution in [-0.2, 0) is 4.74 Å². The van der Waals surface area contributed by atoms with Crippen LogP contribution in [0.25, 0.3) is 0 Å². The molecule has 98 valence electrons. The minimum Gasteiger partial charge on any atom is -0.459 e. The summed E-state index contributed by atoms with van der Waals surface area (Å²) in [6.07, 6.45) is 5.83. The van der Waals surface area contributed by atoms with Gasteiger partial charge in [0.25, 0.3) is 0 Å². The van der Waals surface area contributed by atoms with Gasteiger partial charge in [0.2, 0.25) is 0 Å². The van der Waals surface area contributed by atoms with E-state index in [1.807, 2.05) is 24.3 Å². The van der Waals surface area contributed by atoms with Gasteiger partial charge in [-0.25, -0.2) is 4.79 Å². The summed E-state index contributed by atoms with van der Waals surface area (Å²) in [6.45, 7) is 4.30. The fourth-order valence-electron chi connectivity index (χ4n) is 2.41. The molecule has 2 nitrogen and oxygen atoms in total. The number of ether oxygens (including phenoxy) is 1. The monoisotopic (exact) mass is 246 g/mol. The van der Waals surface area contributed by atoms with Crippen molar-refractivity contribution in [3.8, 4) is 0 Å². The number of hydrogen-bond acceptors (Lipinski definition) is 2. The maximum absolute atomic E-state index is 12.0. The number of benzene rings is 1. The average Bonchev–Trinajstić information content (AvgIpc) is 2.40. The molecule has 0 N–H and O–H groups in total. The maximum atomic E-state index is 12.0. The van der Waals surface area contributed by atoms with Gasteiger partial charge in [-0.2, -0.15) is 0 Å². The van der Waals surface area contributed by atoms with E-state index in [0.29, 0.717) is 11.5 Å². The van der Waals surface area contributed by atoms with Crippen molar-refractivity contribution >= 4 is 5.97 Å². The predicted molar refractivity (Wildman–Crippen MR) is 72.8 cm³/mol. The van der Waals surface area contributed by atoms with Crippen LogP contribution in [0, 0.1) is 0 Å². The summed E-state index contributed by atoms with van der Waals surface area (Å²) in [5, 5.41) is 0. The van der Waals surface area contributed by atoms with Gasteiger partial charge in [-0.05, 0) is 49.3 Å². The van der Waals surface area contributed by atoms with Gasteiger partial charge >= 0.3 is 5.97 Å². The molecule has 0 unspecified atom stereocenters. The summed E-state index contributed by atoms with van der Waals surface area (Å²) in [6, 6.07) is 7.78. The normalized spacial score (nSPS) is 16.8. The largest absolute Gasteiger partial charge is 0.459 e. The Morgan fingerprint density at radius 1 is 1.11 bits per heavy atom. The smallest absolute Gasteiger partial charge is 0.338 e. The minimum atomic E-state index is -0.169. The van der Waals surface area contributed by atoms with E-state index in [-0.39, 0.29) is 12.1 Å². The lowest BCUT2D eigenvalue weighted by atomic mass is 9.97. The van der Waals surface area contributed by atoms with E-state index in [1.54, 1.807) is 0 Å². The zero-order chi connectivity index (χ0) is 13.0. The van der Waals surface area contributed by atoms with E-state index >= 15 is 0 Å². The molecular weight excluding hydrogens is 224 g/mol. The topological polar surface area (TPSA) is 26.3 Å². The van der Waals surface area contributed by atoms with Crippen molar-refractivity contribution in [2.24, 2.45) is 0 Å². The molecule has 0 radical (unpaired) electrons. The van der Waals surface area contributed by atoms with Crippen molar-refractivity contribution in [1.82, 2.24) is 0 Å². The van der Waals surface area contributed by atoms with Crippen LogP contribution in [-0.4, -0.2) is 12.1 Å². The second-order valence-electron chi connectivity index (χ2n) is 5.44. The third-order valence-electron chi connectivity index (χ3n) is 3.64. The lowest BCUT2D eigenvalue weighted by Gasteiger charge is -2.21. The number of carbonyl (C=O) groups excluding carboxylic acids is 1. The van der Waals surface area contributed by atoms with E-state index in [4.69, 9.17) is 4.74 Å². The summed E-state index contributed by atoms with van der Waals surface area (Å²) in [7, 11) is 0.